The number of hydrogen-bond acceptors (Lipinski definition) is 3. The van der Waals surface area contributed by atoms with Gasteiger partial charge in [0.1, 0.15) is 6.33 Å². The van der Waals surface area contributed by atoms with Gasteiger partial charge in [0.15, 0.2) is 0 Å². The quantitative estimate of drug-likeness (QED) is 0.796. The molecule has 16 heavy (non-hydrogen) atoms. The highest BCUT2D eigenvalue weighted by Gasteiger charge is 2.08. The molecule has 2 rings (SSSR count). The first-order valence-electron chi connectivity index (χ1n) is 4.43. The Kier molecular flexibility index (Phi) is 3.68. The Morgan fingerprint density at radius 2 is 1.75 bits per heavy atom. The summed E-state index contributed by atoms with van der Waals surface area (Å²) >= 11 is 0. The number of amides is 1. The Morgan fingerprint density at radius 1 is 1.12 bits per heavy atom. The van der Waals surface area contributed by atoms with Crippen LogP contribution in [0.4, 0.5) is 0 Å². The summed E-state index contributed by atoms with van der Waals surface area (Å²) in [5, 5.41) is 0. The highest BCUT2D eigenvalue weighted by Crippen LogP contribution is 2.21. The predicted octanol–water partition coefficient (Wildman–Crippen LogP) is 0.762. The summed E-state index contributed by atoms with van der Waals surface area (Å²) in [7, 11) is 0. The van der Waals surface area contributed by atoms with Gasteiger partial charge in [-0.15, -0.1) is 0 Å². The SMILES string of the molecule is NC(=O)c1ccccc1-c1cncnc1.[N]. The van der Waals surface area contributed by atoms with E-state index >= 15 is 0 Å². The van der Waals surface area contributed by atoms with Gasteiger partial charge in [-0.2, -0.15) is 0 Å². The Balaban J connectivity index is 0.00000128. The van der Waals surface area contributed by atoms with Gasteiger partial charge in [0, 0.05) is 29.7 Å². The van der Waals surface area contributed by atoms with Crippen LogP contribution in [0.5, 0.6) is 0 Å². The maximum atomic E-state index is 11.2. The summed E-state index contributed by atoms with van der Waals surface area (Å²) in [4.78, 5) is 19.0. The molecule has 0 saturated heterocycles. The van der Waals surface area contributed by atoms with Crippen LogP contribution in [-0.2, 0) is 0 Å². The Hall–Kier alpha value is -2.27. The number of hydrogen-bond donors (Lipinski definition) is 1. The molecule has 0 aliphatic carbocycles. The fourth-order valence-corrected chi connectivity index (χ4v) is 1.39. The van der Waals surface area contributed by atoms with E-state index in [1.54, 1.807) is 24.5 Å². The zero-order valence-electron chi connectivity index (χ0n) is 8.37. The number of rotatable bonds is 2. The molecule has 5 nitrogen and oxygen atoms in total. The van der Waals surface area contributed by atoms with Gasteiger partial charge in [-0.05, 0) is 11.6 Å². The summed E-state index contributed by atoms with van der Waals surface area (Å²) in [6.07, 6.45) is 4.74. The molecule has 0 unspecified atom stereocenters. The zero-order chi connectivity index (χ0) is 10.7. The molecule has 79 valence electrons. The first kappa shape index (κ1) is 11.8. The van der Waals surface area contributed by atoms with Crippen LogP contribution < -0.4 is 11.9 Å². The van der Waals surface area contributed by atoms with E-state index in [9.17, 15) is 4.79 Å². The lowest BCUT2D eigenvalue weighted by molar-refractivity contribution is 0.100. The molecule has 0 spiro atoms. The highest BCUT2D eigenvalue weighted by atomic mass is 16.1. The van der Waals surface area contributed by atoms with Crippen molar-refractivity contribution < 1.29 is 4.79 Å². The number of carbonyl (C=O) groups is 1. The Bertz CT molecular complexity index is 484. The Morgan fingerprint density at radius 3 is 2.38 bits per heavy atom. The van der Waals surface area contributed by atoms with Crippen molar-refractivity contribution in [3.8, 4) is 11.1 Å². The van der Waals surface area contributed by atoms with Gasteiger partial charge in [0.2, 0.25) is 5.91 Å². The van der Waals surface area contributed by atoms with Crippen molar-refractivity contribution in [3.63, 3.8) is 0 Å². The molecule has 0 fully saturated rings. The molecule has 1 aromatic heterocycles. The van der Waals surface area contributed by atoms with Crippen LogP contribution in [0.3, 0.4) is 0 Å². The van der Waals surface area contributed by atoms with E-state index in [0.29, 0.717) is 5.56 Å². The van der Waals surface area contributed by atoms with E-state index in [-0.39, 0.29) is 6.15 Å². The maximum Gasteiger partial charge on any atom is 0.249 e. The fraction of sp³-hybridized carbons (Fsp3) is 0. The van der Waals surface area contributed by atoms with Gasteiger partial charge in [-0.1, -0.05) is 18.2 Å². The zero-order valence-corrected chi connectivity index (χ0v) is 8.37. The number of carbonyl (C=O) groups excluding carboxylic acids is 1. The van der Waals surface area contributed by atoms with Crippen LogP contribution in [0, 0.1) is 0 Å². The van der Waals surface area contributed by atoms with E-state index in [2.05, 4.69) is 9.97 Å². The lowest BCUT2D eigenvalue weighted by atomic mass is 10.0. The monoisotopic (exact) mass is 213 g/mol. The van der Waals surface area contributed by atoms with E-state index < -0.39 is 5.91 Å². The lowest BCUT2D eigenvalue weighted by Gasteiger charge is -2.04. The third-order valence-electron chi connectivity index (χ3n) is 2.06. The fourth-order valence-electron chi connectivity index (χ4n) is 1.39. The average Bonchev–Trinajstić information content (AvgIpc) is 2.30. The number of benzene rings is 1. The molecule has 2 N–H and O–H groups in total. The Labute approximate surface area is 92.9 Å². The van der Waals surface area contributed by atoms with Crippen LogP contribution in [0.25, 0.3) is 11.1 Å². The van der Waals surface area contributed by atoms with Gasteiger partial charge < -0.3 is 5.73 Å². The first-order chi connectivity index (χ1) is 7.29. The molecule has 1 aromatic carbocycles. The van der Waals surface area contributed by atoms with Gasteiger partial charge in [-0.3, -0.25) is 4.79 Å². The molecular weight excluding hydrogens is 204 g/mol. The number of primary amides is 1. The molecule has 2 aromatic rings. The van der Waals surface area contributed by atoms with Crippen LogP contribution in [0.1, 0.15) is 10.4 Å². The minimum atomic E-state index is -0.450. The standard InChI is InChI=1S/C11H9N3O.N/c12-11(15)10-4-2-1-3-9(10)8-5-13-7-14-6-8;/h1-7H,(H2,12,15);. The van der Waals surface area contributed by atoms with Crippen molar-refractivity contribution in [2.24, 2.45) is 5.73 Å². The minimum Gasteiger partial charge on any atom is -0.366 e. The molecule has 0 saturated carbocycles. The molecule has 0 aliphatic heterocycles. The summed E-state index contributed by atoms with van der Waals surface area (Å²) < 4.78 is 0. The second-order valence-corrected chi connectivity index (χ2v) is 3.04. The first-order valence-corrected chi connectivity index (χ1v) is 4.43. The van der Waals surface area contributed by atoms with Crippen molar-refractivity contribution in [2.75, 3.05) is 0 Å². The average molecular weight is 213 g/mol. The summed E-state index contributed by atoms with van der Waals surface area (Å²) in [5.74, 6) is -0.450. The largest absolute Gasteiger partial charge is 0.366 e. The third-order valence-corrected chi connectivity index (χ3v) is 2.06. The number of aromatic nitrogens is 2. The maximum absolute atomic E-state index is 11.2. The molecule has 3 radical (unpaired) electrons. The van der Waals surface area contributed by atoms with Crippen molar-refractivity contribution in [1.82, 2.24) is 16.1 Å². The highest BCUT2D eigenvalue weighted by molar-refractivity contribution is 5.99. The molecule has 1 amide bonds. The summed E-state index contributed by atoms with van der Waals surface area (Å²) in [6, 6.07) is 7.12. The molecule has 0 atom stereocenters. The van der Waals surface area contributed by atoms with Gasteiger partial charge in [-0.25, -0.2) is 9.97 Å². The molecule has 0 aliphatic rings. The van der Waals surface area contributed by atoms with Gasteiger partial charge >= 0.3 is 0 Å². The minimum absolute atomic E-state index is 0. The number of nitrogens with two attached hydrogens (primary N) is 1. The van der Waals surface area contributed by atoms with Crippen molar-refractivity contribution >= 4 is 5.91 Å². The van der Waals surface area contributed by atoms with Crippen LogP contribution in [0.15, 0.2) is 43.0 Å². The topological polar surface area (TPSA) is 99.4 Å². The van der Waals surface area contributed by atoms with Crippen LogP contribution in [0.2, 0.25) is 0 Å². The summed E-state index contributed by atoms with van der Waals surface area (Å²) in [5.41, 5.74) is 7.29. The van der Waals surface area contributed by atoms with E-state index in [4.69, 9.17) is 5.73 Å². The predicted molar refractivity (Wildman–Crippen MR) is 58.1 cm³/mol. The smallest absolute Gasteiger partial charge is 0.249 e. The number of nitrogens with zero attached hydrogens (tertiary/aromatic N) is 3. The van der Waals surface area contributed by atoms with Crippen LogP contribution >= 0.6 is 0 Å². The second kappa shape index (κ2) is 4.99. The molecule has 1 heterocycles. The second-order valence-electron chi connectivity index (χ2n) is 3.04. The molecule has 0 bridgehead atoms. The van der Waals surface area contributed by atoms with Gasteiger partial charge in [0.25, 0.3) is 0 Å². The molecular formula is C11H9N4O. The normalized spacial score (nSPS) is 9.25. The van der Waals surface area contributed by atoms with Gasteiger partial charge in [0.05, 0.1) is 0 Å². The van der Waals surface area contributed by atoms with Crippen molar-refractivity contribution in [1.29, 1.82) is 0 Å². The summed E-state index contributed by atoms with van der Waals surface area (Å²) in [6.45, 7) is 0. The van der Waals surface area contributed by atoms with Crippen molar-refractivity contribution in [2.45, 2.75) is 0 Å². The van der Waals surface area contributed by atoms with E-state index in [1.165, 1.54) is 6.33 Å². The van der Waals surface area contributed by atoms with E-state index in [0.717, 1.165) is 11.1 Å². The van der Waals surface area contributed by atoms with E-state index in [1.807, 2.05) is 12.1 Å². The lowest BCUT2D eigenvalue weighted by Crippen LogP contribution is -2.12. The molecule has 5 heteroatoms. The van der Waals surface area contributed by atoms with Crippen LogP contribution in [-0.4, -0.2) is 15.9 Å². The third kappa shape index (κ3) is 2.21. The van der Waals surface area contributed by atoms with Crippen molar-refractivity contribution in [3.05, 3.63) is 48.5 Å².